The zero-order chi connectivity index (χ0) is 13.8. The quantitative estimate of drug-likeness (QED) is 0.894. The van der Waals surface area contributed by atoms with Gasteiger partial charge in [-0.2, -0.15) is 0 Å². The summed E-state index contributed by atoms with van der Waals surface area (Å²) in [5.74, 6) is -1.04. The van der Waals surface area contributed by atoms with Crippen molar-refractivity contribution in [2.24, 2.45) is 5.73 Å². The van der Waals surface area contributed by atoms with E-state index in [2.05, 4.69) is 0 Å². The normalized spacial score (nSPS) is 12.4. The maximum Gasteiger partial charge on any atom is 0.132 e. The number of hydrogen-bond donors (Lipinski definition) is 1. The molecule has 0 aliphatic heterocycles. The van der Waals surface area contributed by atoms with E-state index in [4.69, 9.17) is 5.73 Å². The Morgan fingerprint density at radius 1 is 1.05 bits per heavy atom. The van der Waals surface area contributed by atoms with E-state index in [1.165, 1.54) is 12.1 Å². The Kier molecular flexibility index (Phi) is 4.27. The van der Waals surface area contributed by atoms with Crippen molar-refractivity contribution in [3.63, 3.8) is 0 Å². The molecule has 0 aliphatic rings. The van der Waals surface area contributed by atoms with Crippen molar-refractivity contribution in [2.45, 2.75) is 19.3 Å². The molecule has 0 spiro atoms. The van der Waals surface area contributed by atoms with Gasteiger partial charge < -0.3 is 5.73 Å². The Hall–Kier alpha value is -1.74. The summed E-state index contributed by atoms with van der Waals surface area (Å²) < 4.78 is 27.8. The molecule has 0 fully saturated rings. The van der Waals surface area contributed by atoms with Gasteiger partial charge >= 0.3 is 0 Å². The molecule has 0 aromatic heterocycles. The van der Waals surface area contributed by atoms with Gasteiger partial charge in [-0.05, 0) is 37.1 Å². The van der Waals surface area contributed by atoms with Crippen LogP contribution in [0.3, 0.4) is 0 Å². The van der Waals surface area contributed by atoms with Gasteiger partial charge in [0, 0.05) is 11.5 Å². The lowest BCUT2D eigenvalue weighted by Gasteiger charge is -2.17. The first-order valence-corrected chi connectivity index (χ1v) is 6.32. The Labute approximate surface area is 112 Å². The third-order valence-corrected chi connectivity index (χ3v) is 3.39. The maximum atomic E-state index is 14.0. The molecule has 0 amide bonds. The van der Waals surface area contributed by atoms with E-state index in [1.807, 2.05) is 30.3 Å². The summed E-state index contributed by atoms with van der Waals surface area (Å²) in [4.78, 5) is 0. The third kappa shape index (κ3) is 2.99. The number of benzene rings is 2. The molecule has 0 saturated heterocycles. The van der Waals surface area contributed by atoms with E-state index < -0.39 is 11.6 Å². The van der Waals surface area contributed by atoms with E-state index in [1.54, 1.807) is 6.92 Å². The van der Waals surface area contributed by atoms with Crippen LogP contribution in [0.25, 0.3) is 0 Å². The molecule has 2 rings (SSSR count). The predicted molar refractivity (Wildman–Crippen MR) is 73.0 cm³/mol. The van der Waals surface area contributed by atoms with Crippen molar-refractivity contribution in [2.75, 3.05) is 6.54 Å². The number of nitrogens with two attached hydrogens (primary N) is 1. The molecular formula is C16H17F2N. The van der Waals surface area contributed by atoms with Gasteiger partial charge in [0.05, 0.1) is 0 Å². The topological polar surface area (TPSA) is 26.0 Å². The molecule has 1 atom stereocenters. The molecule has 2 N–H and O–H groups in total. The lowest BCUT2D eigenvalue weighted by molar-refractivity contribution is 0.533. The lowest BCUT2D eigenvalue weighted by atomic mass is 9.91. The second-order valence-corrected chi connectivity index (χ2v) is 4.70. The molecule has 0 aliphatic carbocycles. The second-order valence-electron chi connectivity index (χ2n) is 4.70. The van der Waals surface area contributed by atoms with Crippen molar-refractivity contribution in [3.05, 3.63) is 70.8 Å². The zero-order valence-corrected chi connectivity index (χ0v) is 10.9. The summed E-state index contributed by atoms with van der Waals surface area (Å²) in [6.45, 7) is 2.00. The van der Waals surface area contributed by atoms with Gasteiger partial charge in [-0.3, -0.25) is 0 Å². The van der Waals surface area contributed by atoms with E-state index in [0.717, 1.165) is 5.56 Å². The fourth-order valence-corrected chi connectivity index (χ4v) is 2.21. The lowest BCUT2D eigenvalue weighted by Crippen LogP contribution is -2.16. The van der Waals surface area contributed by atoms with E-state index in [-0.39, 0.29) is 17.9 Å². The van der Waals surface area contributed by atoms with Crippen LogP contribution in [0.4, 0.5) is 8.78 Å². The molecule has 0 bridgehead atoms. The average molecular weight is 261 g/mol. The molecular weight excluding hydrogens is 244 g/mol. The van der Waals surface area contributed by atoms with Gasteiger partial charge in [0.25, 0.3) is 0 Å². The van der Waals surface area contributed by atoms with E-state index in [9.17, 15) is 8.78 Å². The molecule has 1 nitrogen and oxygen atoms in total. The summed E-state index contributed by atoms with van der Waals surface area (Å²) in [5, 5.41) is 0. The Morgan fingerprint density at radius 2 is 1.74 bits per heavy atom. The van der Waals surface area contributed by atoms with Gasteiger partial charge in [0.1, 0.15) is 11.6 Å². The minimum atomic E-state index is -0.502. The molecule has 0 saturated carbocycles. The predicted octanol–water partition coefficient (Wildman–Crippen LogP) is 3.56. The minimum absolute atomic E-state index is 0.0769. The van der Waals surface area contributed by atoms with Crippen molar-refractivity contribution in [3.8, 4) is 0 Å². The number of aryl methyl sites for hydroxylation is 1. The third-order valence-electron chi connectivity index (χ3n) is 3.39. The fourth-order valence-electron chi connectivity index (χ4n) is 2.21. The van der Waals surface area contributed by atoms with Crippen molar-refractivity contribution >= 4 is 0 Å². The molecule has 1 unspecified atom stereocenters. The van der Waals surface area contributed by atoms with Gasteiger partial charge in [-0.15, -0.1) is 0 Å². The van der Waals surface area contributed by atoms with E-state index >= 15 is 0 Å². The Balaban J connectivity index is 2.32. The summed E-state index contributed by atoms with van der Waals surface area (Å²) in [6, 6.07) is 12.3. The molecule has 2 aromatic rings. The van der Waals surface area contributed by atoms with Crippen LogP contribution in [0.5, 0.6) is 0 Å². The first kappa shape index (κ1) is 13.7. The fraction of sp³-hybridized carbons (Fsp3) is 0.250. The van der Waals surface area contributed by atoms with Crippen LogP contribution in [0.1, 0.15) is 22.6 Å². The molecule has 0 radical (unpaired) electrons. The van der Waals surface area contributed by atoms with Crippen LogP contribution < -0.4 is 5.73 Å². The average Bonchev–Trinajstić information content (AvgIpc) is 2.44. The van der Waals surface area contributed by atoms with Crippen LogP contribution in [-0.2, 0) is 6.42 Å². The number of hydrogen-bond acceptors (Lipinski definition) is 1. The largest absolute Gasteiger partial charge is 0.330 e. The summed E-state index contributed by atoms with van der Waals surface area (Å²) >= 11 is 0. The van der Waals surface area contributed by atoms with Crippen LogP contribution in [-0.4, -0.2) is 6.54 Å². The minimum Gasteiger partial charge on any atom is -0.330 e. The molecule has 0 heterocycles. The van der Waals surface area contributed by atoms with Crippen molar-refractivity contribution in [1.29, 1.82) is 0 Å². The zero-order valence-electron chi connectivity index (χ0n) is 10.9. The van der Waals surface area contributed by atoms with Crippen molar-refractivity contribution < 1.29 is 8.78 Å². The molecule has 2 aromatic carbocycles. The monoisotopic (exact) mass is 261 g/mol. The Bertz CT molecular complexity index is 552. The SMILES string of the molecule is Cc1ccc(F)c(CC(CN)c2ccccc2)c1F. The van der Waals surface area contributed by atoms with Gasteiger partial charge in [0.2, 0.25) is 0 Å². The first-order chi connectivity index (χ1) is 9.13. The Morgan fingerprint density at radius 3 is 2.37 bits per heavy atom. The molecule has 100 valence electrons. The maximum absolute atomic E-state index is 14.0. The van der Waals surface area contributed by atoms with Crippen LogP contribution in [0.2, 0.25) is 0 Å². The molecule has 19 heavy (non-hydrogen) atoms. The summed E-state index contributed by atoms with van der Waals surface area (Å²) in [5.41, 5.74) is 7.33. The van der Waals surface area contributed by atoms with Crippen LogP contribution >= 0.6 is 0 Å². The standard InChI is InChI=1S/C16H17F2N/c1-11-7-8-15(17)14(16(11)18)9-13(10-19)12-5-3-2-4-6-12/h2-8,13H,9-10,19H2,1H3. The number of halogens is 2. The van der Waals surface area contributed by atoms with Gasteiger partial charge in [0.15, 0.2) is 0 Å². The highest BCUT2D eigenvalue weighted by Gasteiger charge is 2.17. The second kappa shape index (κ2) is 5.93. The van der Waals surface area contributed by atoms with Crippen LogP contribution in [0.15, 0.2) is 42.5 Å². The van der Waals surface area contributed by atoms with Gasteiger partial charge in [-0.1, -0.05) is 36.4 Å². The highest BCUT2D eigenvalue weighted by Crippen LogP contribution is 2.24. The van der Waals surface area contributed by atoms with Crippen molar-refractivity contribution in [1.82, 2.24) is 0 Å². The van der Waals surface area contributed by atoms with E-state index in [0.29, 0.717) is 12.1 Å². The number of rotatable bonds is 4. The van der Waals surface area contributed by atoms with Gasteiger partial charge in [-0.25, -0.2) is 8.78 Å². The smallest absolute Gasteiger partial charge is 0.132 e. The summed E-state index contributed by atoms with van der Waals surface area (Å²) in [7, 11) is 0. The highest BCUT2D eigenvalue weighted by atomic mass is 19.1. The van der Waals surface area contributed by atoms with Crippen LogP contribution in [0, 0.1) is 18.6 Å². The molecule has 3 heteroatoms. The summed E-state index contributed by atoms with van der Waals surface area (Å²) in [6.07, 6.45) is 0.278. The highest BCUT2D eigenvalue weighted by molar-refractivity contribution is 5.30. The first-order valence-electron chi connectivity index (χ1n) is 6.32.